The van der Waals surface area contributed by atoms with E-state index in [-0.39, 0.29) is 24.0 Å². The Balaban J connectivity index is 0.00000243. The summed E-state index contributed by atoms with van der Waals surface area (Å²) in [5.74, 6) is 0.849. The maximum atomic E-state index is 4.51. The third kappa shape index (κ3) is 5.28. The Morgan fingerprint density at radius 2 is 2.08 bits per heavy atom. The Labute approximate surface area is 175 Å². The number of hydrogen-bond acceptors (Lipinski definition) is 4. The zero-order valence-electron chi connectivity index (χ0n) is 15.1. The molecule has 26 heavy (non-hydrogen) atoms. The minimum atomic E-state index is 0. The lowest BCUT2D eigenvalue weighted by Crippen LogP contribution is -2.38. The van der Waals surface area contributed by atoms with Gasteiger partial charge in [0.15, 0.2) is 5.96 Å². The van der Waals surface area contributed by atoms with Crippen LogP contribution in [-0.4, -0.2) is 39.7 Å². The molecule has 3 rings (SSSR count). The van der Waals surface area contributed by atoms with E-state index in [0.29, 0.717) is 6.54 Å². The van der Waals surface area contributed by atoms with Crippen LogP contribution in [0.4, 0.5) is 0 Å². The van der Waals surface area contributed by atoms with Gasteiger partial charge in [-0.2, -0.15) is 5.10 Å². The fourth-order valence-corrected chi connectivity index (χ4v) is 3.16. The summed E-state index contributed by atoms with van der Waals surface area (Å²) in [7, 11) is 3.82. The Morgan fingerprint density at radius 1 is 1.31 bits per heavy atom. The van der Waals surface area contributed by atoms with E-state index in [0.717, 1.165) is 28.9 Å². The van der Waals surface area contributed by atoms with Crippen LogP contribution in [0.1, 0.15) is 16.3 Å². The van der Waals surface area contributed by atoms with Crippen LogP contribution in [0.25, 0.3) is 5.69 Å². The van der Waals surface area contributed by atoms with Gasteiger partial charge in [-0.3, -0.25) is 4.99 Å². The van der Waals surface area contributed by atoms with Gasteiger partial charge in [-0.1, -0.05) is 12.1 Å². The lowest BCUT2D eigenvalue weighted by molar-refractivity contribution is 0.470. The van der Waals surface area contributed by atoms with E-state index < -0.39 is 0 Å². The van der Waals surface area contributed by atoms with E-state index in [2.05, 4.69) is 54.9 Å². The zero-order valence-corrected chi connectivity index (χ0v) is 18.2. The molecule has 0 radical (unpaired) electrons. The van der Waals surface area contributed by atoms with Crippen LogP contribution in [0.15, 0.2) is 53.1 Å². The highest BCUT2D eigenvalue weighted by Crippen LogP contribution is 2.11. The molecule has 1 N–H and O–H groups in total. The zero-order chi connectivity index (χ0) is 17.6. The van der Waals surface area contributed by atoms with Crippen LogP contribution in [0.5, 0.6) is 0 Å². The van der Waals surface area contributed by atoms with Crippen LogP contribution >= 0.6 is 35.3 Å². The molecule has 0 aliphatic heterocycles. The summed E-state index contributed by atoms with van der Waals surface area (Å²) in [5, 5.41) is 10.8. The summed E-state index contributed by atoms with van der Waals surface area (Å²) in [6, 6.07) is 10.2. The second-order valence-electron chi connectivity index (χ2n) is 5.73. The van der Waals surface area contributed by atoms with Gasteiger partial charge >= 0.3 is 0 Å². The Morgan fingerprint density at radius 3 is 2.65 bits per heavy atom. The van der Waals surface area contributed by atoms with Crippen LogP contribution < -0.4 is 5.32 Å². The van der Waals surface area contributed by atoms with Gasteiger partial charge in [-0.15, -0.1) is 35.3 Å². The van der Waals surface area contributed by atoms with Crippen molar-refractivity contribution in [1.29, 1.82) is 0 Å². The van der Waals surface area contributed by atoms with Crippen molar-refractivity contribution in [1.82, 2.24) is 25.0 Å². The average Bonchev–Trinajstić information content (AvgIpc) is 3.28. The second-order valence-corrected chi connectivity index (χ2v) is 6.79. The lowest BCUT2D eigenvalue weighted by Gasteiger charge is -2.21. The standard InChI is InChI=1S/C18H22N6S.HI/c1-14-22-16(13-25-14)12-23(3)18(19-2)20-11-15-5-7-17(8-6-15)24-10-4-9-21-24;/h4-10,13H,11-12H2,1-3H3,(H,19,20);1H. The molecule has 138 valence electrons. The van der Waals surface area contributed by atoms with Gasteiger partial charge in [0, 0.05) is 38.4 Å². The van der Waals surface area contributed by atoms with Crippen LogP contribution in [0, 0.1) is 6.92 Å². The molecule has 0 amide bonds. The third-order valence-electron chi connectivity index (χ3n) is 3.80. The number of nitrogens with one attached hydrogen (secondary N) is 1. The quantitative estimate of drug-likeness (QED) is 0.344. The Bertz CT molecular complexity index is 826. The van der Waals surface area contributed by atoms with E-state index in [1.54, 1.807) is 24.6 Å². The molecule has 8 heteroatoms. The molecule has 2 aromatic heterocycles. The number of benzene rings is 1. The van der Waals surface area contributed by atoms with Crippen molar-refractivity contribution >= 4 is 41.3 Å². The number of thiazole rings is 1. The maximum Gasteiger partial charge on any atom is 0.194 e. The van der Waals surface area contributed by atoms with Crippen molar-refractivity contribution in [3.05, 3.63) is 64.4 Å². The molecule has 0 spiro atoms. The first-order chi connectivity index (χ1) is 12.2. The average molecular weight is 482 g/mol. The minimum absolute atomic E-state index is 0. The number of rotatable bonds is 5. The molecule has 0 fully saturated rings. The van der Waals surface area contributed by atoms with E-state index in [1.807, 2.05) is 30.9 Å². The van der Waals surface area contributed by atoms with Gasteiger partial charge < -0.3 is 10.2 Å². The van der Waals surface area contributed by atoms with Gasteiger partial charge in [0.1, 0.15) is 0 Å². The highest BCUT2D eigenvalue weighted by Gasteiger charge is 2.08. The summed E-state index contributed by atoms with van der Waals surface area (Å²) >= 11 is 1.67. The molecule has 1 aromatic carbocycles. The first kappa shape index (κ1) is 20.4. The molecular weight excluding hydrogens is 459 g/mol. The molecule has 0 saturated heterocycles. The minimum Gasteiger partial charge on any atom is -0.352 e. The van der Waals surface area contributed by atoms with Gasteiger partial charge in [0.2, 0.25) is 0 Å². The molecule has 0 aliphatic rings. The molecule has 0 unspecified atom stereocenters. The number of nitrogens with zero attached hydrogens (tertiary/aromatic N) is 5. The SMILES string of the molecule is CN=C(NCc1ccc(-n2cccn2)cc1)N(C)Cc1csc(C)n1.I. The lowest BCUT2D eigenvalue weighted by atomic mass is 10.2. The number of guanidine groups is 1. The molecular formula is C18H23IN6S. The predicted octanol–water partition coefficient (Wildman–Crippen LogP) is 3.46. The van der Waals surface area contributed by atoms with Crippen molar-refractivity contribution in [2.45, 2.75) is 20.0 Å². The molecule has 0 aliphatic carbocycles. The highest BCUT2D eigenvalue weighted by atomic mass is 127. The first-order valence-electron chi connectivity index (χ1n) is 8.07. The molecule has 0 bridgehead atoms. The molecule has 6 nitrogen and oxygen atoms in total. The first-order valence-corrected chi connectivity index (χ1v) is 8.95. The number of hydrogen-bond donors (Lipinski definition) is 1. The number of aromatic nitrogens is 3. The second kappa shape index (κ2) is 9.67. The van der Waals surface area contributed by atoms with Crippen molar-refractivity contribution in [3.63, 3.8) is 0 Å². The highest BCUT2D eigenvalue weighted by molar-refractivity contribution is 14.0. The van der Waals surface area contributed by atoms with Gasteiger partial charge in [0.25, 0.3) is 0 Å². The number of halogens is 1. The Hall–Kier alpha value is -1.94. The summed E-state index contributed by atoms with van der Waals surface area (Å²) < 4.78 is 1.85. The van der Waals surface area contributed by atoms with E-state index in [1.165, 1.54) is 5.56 Å². The van der Waals surface area contributed by atoms with Gasteiger partial charge in [-0.05, 0) is 30.7 Å². The smallest absolute Gasteiger partial charge is 0.194 e. The summed E-state index contributed by atoms with van der Waals surface area (Å²) in [6.07, 6.45) is 3.71. The fraction of sp³-hybridized carbons (Fsp3) is 0.278. The van der Waals surface area contributed by atoms with Crippen molar-refractivity contribution < 1.29 is 0 Å². The van der Waals surface area contributed by atoms with Crippen LogP contribution in [0.3, 0.4) is 0 Å². The summed E-state index contributed by atoms with van der Waals surface area (Å²) in [5.41, 5.74) is 3.31. The fourth-order valence-electron chi connectivity index (χ4n) is 2.55. The monoisotopic (exact) mass is 482 g/mol. The molecule has 3 aromatic rings. The number of aliphatic imine (C=N–C) groups is 1. The number of aryl methyl sites for hydroxylation is 1. The molecule has 0 saturated carbocycles. The van der Waals surface area contributed by atoms with Crippen molar-refractivity contribution in [3.8, 4) is 5.69 Å². The van der Waals surface area contributed by atoms with E-state index in [9.17, 15) is 0 Å². The van der Waals surface area contributed by atoms with Crippen LogP contribution in [0.2, 0.25) is 0 Å². The maximum absolute atomic E-state index is 4.51. The van der Waals surface area contributed by atoms with Crippen LogP contribution in [-0.2, 0) is 13.1 Å². The predicted molar refractivity (Wildman–Crippen MR) is 117 cm³/mol. The normalized spacial score (nSPS) is 11.1. The van der Waals surface area contributed by atoms with Crippen molar-refractivity contribution in [2.24, 2.45) is 4.99 Å². The van der Waals surface area contributed by atoms with Gasteiger partial charge in [-0.25, -0.2) is 9.67 Å². The summed E-state index contributed by atoms with van der Waals surface area (Å²) in [6.45, 7) is 3.48. The van der Waals surface area contributed by atoms with Crippen molar-refractivity contribution in [2.75, 3.05) is 14.1 Å². The molecule has 0 atom stereocenters. The van der Waals surface area contributed by atoms with Gasteiger partial charge in [0.05, 0.1) is 22.9 Å². The van der Waals surface area contributed by atoms with E-state index in [4.69, 9.17) is 0 Å². The largest absolute Gasteiger partial charge is 0.352 e. The topological polar surface area (TPSA) is 58.3 Å². The molecule has 2 heterocycles. The third-order valence-corrected chi connectivity index (χ3v) is 4.62. The Kier molecular flexibility index (Phi) is 7.58. The van der Waals surface area contributed by atoms with E-state index >= 15 is 0 Å². The summed E-state index contributed by atoms with van der Waals surface area (Å²) in [4.78, 5) is 10.9.